The highest BCUT2D eigenvalue weighted by Crippen LogP contribution is 2.29. The number of hydrogen-bond donors (Lipinski definition) is 1. The van der Waals surface area contributed by atoms with Gasteiger partial charge in [-0.05, 0) is 44.4 Å². The van der Waals surface area contributed by atoms with E-state index in [1.807, 2.05) is 0 Å². The van der Waals surface area contributed by atoms with Gasteiger partial charge in [-0.3, -0.25) is 10.00 Å². The SMILES string of the molecule is CC1CCC(N(Cc2nc(C(C)C)n[nH]2)CC2CCCO2)CC1. The van der Waals surface area contributed by atoms with E-state index in [0.29, 0.717) is 18.1 Å². The minimum Gasteiger partial charge on any atom is -0.377 e. The third-order valence-corrected chi connectivity index (χ3v) is 5.38. The number of aromatic nitrogens is 3. The second-order valence-corrected chi connectivity index (χ2v) is 7.77. The lowest BCUT2D eigenvalue weighted by atomic mass is 9.86. The fraction of sp³-hybridized carbons (Fsp3) is 0.889. The maximum atomic E-state index is 5.89. The summed E-state index contributed by atoms with van der Waals surface area (Å²) in [6.45, 7) is 9.50. The fourth-order valence-corrected chi connectivity index (χ4v) is 3.83. The molecule has 1 saturated carbocycles. The van der Waals surface area contributed by atoms with Crippen LogP contribution in [0.4, 0.5) is 0 Å². The molecule has 3 rings (SSSR count). The van der Waals surface area contributed by atoms with E-state index >= 15 is 0 Å². The lowest BCUT2D eigenvalue weighted by Crippen LogP contribution is -2.42. The summed E-state index contributed by atoms with van der Waals surface area (Å²) in [5.74, 6) is 3.19. The van der Waals surface area contributed by atoms with Crippen molar-refractivity contribution in [2.24, 2.45) is 5.92 Å². The maximum absolute atomic E-state index is 5.89. The Balaban J connectivity index is 1.65. The quantitative estimate of drug-likeness (QED) is 0.872. The van der Waals surface area contributed by atoms with Crippen molar-refractivity contribution in [2.75, 3.05) is 13.2 Å². The molecule has 0 amide bonds. The van der Waals surface area contributed by atoms with E-state index in [2.05, 4.69) is 40.9 Å². The van der Waals surface area contributed by atoms with Crippen LogP contribution in [0.1, 0.15) is 76.9 Å². The van der Waals surface area contributed by atoms with Crippen LogP contribution in [-0.4, -0.2) is 45.4 Å². The zero-order valence-electron chi connectivity index (χ0n) is 14.9. The van der Waals surface area contributed by atoms with Crippen LogP contribution < -0.4 is 0 Å². The first-order valence-electron chi connectivity index (χ1n) is 9.38. The molecule has 5 nitrogen and oxygen atoms in total. The predicted octanol–water partition coefficient (Wildman–Crippen LogP) is 3.49. The van der Waals surface area contributed by atoms with Gasteiger partial charge in [0.1, 0.15) is 5.82 Å². The Hall–Kier alpha value is -0.940. The first kappa shape index (κ1) is 16.9. The molecule has 2 aliphatic rings. The second-order valence-electron chi connectivity index (χ2n) is 7.77. The van der Waals surface area contributed by atoms with Crippen molar-refractivity contribution in [1.29, 1.82) is 0 Å². The van der Waals surface area contributed by atoms with Crippen LogP contribution in [0.5, 0.6) is 0 Å². The van der Waals surface area contributed by atoms with Crippen molar-refractivity contribution in [3.05, 3.63) is 11.6 Å². The van der Waals surface area contributed by atoms with E-state index in [0.717, 1.165) is 37.3 Å². The molecule has 23 heavy (non-hydrogen) atoms. The molecule has 1 atom stereocenters. The third kappa shape index (κ3) is 4.54. The Morgan fingerprint density at radius 1 is 1.22 bits per heavy atom. The van der Waals surface area contributed by atoms with Crippen LogP contribution in [0.3, 0.4) is 0 Å². The highest BCUT2D eigenvalue weighted by atomic mass is 16.5. The van der Waals surface area contributed by atoms with Crippen molar-refractivity contribution >= 4 is 0 Å². The lowest BCUT2D eigenvalue weighted by molar-refractivity contribution is 0.0398. The van der Waals surface area contributed by atoms with E-state index in [-0.39, 0.29) is 0 Å². The number of ether oxygens (including phenoxy) is 1. The molecule has 1 saturated heterocycles. The molecule has 0 radical (unpaired) electrons. The minimum absolute atomic E-state index is 0.377. The van der Waals surface area contributed by atoms with E-state index in [9.17, 15) is 0 Å². The molecule has 1 aliphatic heterocycles. The van der Waals surface area contributed by atoms with Crippen LogP contribution in [0.15, 0.2) is 0 Å². The highest BCUT2D eigenvalue weighted by Gasteiger charge is 2.28. The summed E-state index contributed by atoms with van der Waals surface area (Å²) in [5, 5.41) is 7.51. The standard InChI is InChI=1S/C18H32N4O/c1-13(2)18-19-17(20-21-18)12-22(11-16-5-4-10-23-16)15-8-6-14(3)7-9-15/h13-16H,4-12H2,1-3H3,(H,19,20,21). The first-order valence-corrected chi connectivity index (χ1v) is 9.38. The third-order valence-electron chi connectivity index (χ3n) is 5.38. The van der Waals surface area contributed by atoms with Crippen LogP contribution in [0, 0.1) is 5.92 Å². The summed E-state index contributed by atoms with van der Waals surface area (Å²) in [6, 6.07) is 0.669. The average molecular weight is 320 g/mol. The molecule has 5 heteroatoms. The maximum Gasteiger partial charge on any atom is 0.153 e. The molecule has 1 aromatic heterocycles. The van der Waals surface area contributed by atoms with Crippen LogP contribution in [0.2, 0.25) is 0 Å². The van der Waals surface area contributed by atoms with Gasteiger partial charge in [-0.25, -0.2) is 4.98 Å². The molecule has 1 unspecified atom stereocenters. The summed E-state index contributed by atoms with van der Waals surface area (Å²) in [7, 11) is 0. The van der Waals surface area contributed by atoms with Gasteiger partial charge in [-0.1, -0.05) is 20.8 Å². The van der Waals surface area contributed by atoms with Gasteiger partial charge in [-0.2, -0.15) is 5.10 Å². The summed E-state index contributed by atoms with van der Waals surface area (Å²) >= 11 is 0. The molecule has 0 aromatic carbocycles. The van der Waals surface area contributed by atoms with Crippen molar-refractivity contribution in [1.82, 2.24) is 20.1 Å². The normalized spacial score (nSPS) is 28.8. The molecular weight excluding hydrogens is 288 g/mol. The van der Waals surface area contributed by atoms with Crippen molar-refractivity contribution in [3.63, 3.8) is 0 Å². The van der Waals surface area contributed by atoms with Gasteiger partial charge in [0.05, 0.1) is 12.6 Å². The molecular formula is C18H32N4O. The lowest BCUT2D eigenvalue weighted by Gasteiger charge is -2.36. The van der Waals surface area contributed by atoms with Crippen molar-refractivity contribution in [3.8, 4) is 0 Å². The molecule has 130 valence electrons. The van der Waals surface area contributed by atoms with Gasteiger partial charge in [0, 0.05) is 25.1 Å². The summed E-state index contributed by atoms with van der Waals surface area (Å²) in [6.07, 6.45) is 8.12. The van der Waals surface area contributed by atoms with Gasteiger partial charge in [0.2, 0.25) is 0 Å². The Bertz CT molecular complexity index is 473. The fourth-order valence-electron chi connectivity index (χ4n) is 3.83. The summed E-state index contributed by atoms with van der Waals surface area (Å²) < 4.78 is 5.89. The number of nitrogens with zero attached hydrogens (tertiary/aromatic N) is 3. The van der Waals surface area contributed by atoms with Crippen molar-refractivity contribution < 1.29 is 4.74 Å². The Morgan fingerprint density at radius 3 is 2.61 bits per heavy atom. The first-order chi connectivity index (χ1) is 11.1. The van der Waals surface area contributed by atoms with Gasteiger partial charge < -0.3 is 4.74 Å². The largest absolute Gasteiger partial charge is 0.377 e. The number of H-pyrrole nitrogens is 1. The number of aromatic amines is 1. The van der Waals surface area contributed by atoms with Gasteiger partial charge >= 0.3 is 0 Å². The Labute approximate surface area is 140 Å². The van der Waals surface area contributed by atoms with E-state index in [1.165, 1.54) is 38.5 Å². The monoisotopic (exact) mass is 320 g/mol. The van der Waals surface area contributed by atoms with E-state index < -0.39 is 0 Å². The number of nitrogens with one attached hydrogen (secondary N) is 1. The topological polar surface area (TPSA) is 54.0 Å². The molecule has 0 spiro atoms. The predicted molar refractivity (Wildman–Crippen MR) is 91.3 cm³/mol. The Morgan fingerprint density at radius 2 is 2.00 bits per heavy atom. The molecule has 2 fully saturated rings. The van der Waals surface area contributed by atoms with E-state index in [1.54, 1.807) is 0 Å². The van der Waals surface area contributed by atoms with Gasteiger partial charge in [-0.15, -0.1) is 0 Å². The van der Waals surface area contributed by atoms with E-state index in [4.69, 9.17) is 4.74 Å². The van der Waals surface area contributed by atoms with Gasteiger partial charge in [0.25, 0.3) is 0 Å². The van der Waals surface area contributed by atoms with Crippen LogP contribution >= 0.6 is 0 Å². The summed E-state index contributed by atoms with van der Waals surface area (Å²) in [4.78, 5) is 7.29. The number of hydrogen-bond acceptors (Lipinski definition) is 4. The molecule has 1 aliphatic carbocycles. The number of rotatable bonds is 6. The Kier molecular flexibility index (Phi) is 5.70. The zero-order chi connectivity index (χ0) is 16.2. The highest BCUT2D eigenvalue weighted by molar-refractivity contribution is 4.96. The average Bonchev–Trinajstić information content (AvgIpc) is 3.19. The summed E-state index contributed by atoms with van der Waals surface area (Å²) in [5.41, 5.74) is 0. The minimum atomic E-state index is 0.377. The smallest absolute Gasteiger partial charge is 0.153 e. The second kappa shape index (κ2) is 7.75. The zero-order valence-corrected chi connectivity index (χ0v) is 14.9. The molecule has 0 bridgehead atoms. The molecule has 2 heterocycles. The van der Waals surface area contributed by atoms with Crippen LogP contribution in [0.25, 0.3) is 0 Å². The van der Waals surface area contributed by atoms with Gasteiger partial charge in [0.15, 0.2) is 5.82 Å². The molecule has 1 N–H and O–H groups in total. The molecule has 1 aromatic rings. The van der Waals surface area contributed by atoms with Crippen molar-refractivity contribution in [2.45, 2.75) is 83.9 Å². The van der Waals surface area contributed by atoms with Crippen LogP contribution in [-0.2, 0) is 11.3 Å².